The second kappa shape index (κ2) is 11.9. The van der Waals surface area contributed by atoms with Gasteiger partial charge in [-0.25, -0.2) is 5.48 Å². The summed E-state index contributed by atoms with van der Waals surface area (Å²) in [4.78, 5) is 34.0. The molecule has 2 aliphatic rings. The van der Waals surface area contributed by atoms with Crippen LogP contribution in [0.4, 0.5) is 0 Å². The Morgan fingerprint density at radius 3 is 2.71 bits per heavy atom. The zero-order chi connectivity index (χ0) is 21.9. The molecular formula is C23H31N5O3. The number of hydrogen-bond donors (Lipinski definition) is 4. The summed E-state index contributed by atoms with van der Waals surface area (Å²) in [6.45, 7) is 2.67. The van der Waals surface area contributed by atoms with Gasteiger partial charge in [-0.3, -0.25) is 19.4 Å². The molecule has 0 saturated heterocycles. The summed E-state index contributed by atoms with van der Waals surface area (Å²) < 4.78 is 0. The van der Waals surface area contributed by atoms with E-state index in [0.717, 1.165) is 36.9 Å². The highest BCUT2D eigenvalue weighted by Crippen LogP contribution is 2.19. The van der Waals surface area contributed by atoms with Crippen LogP contribution in [0.2, 0.25) is 0 Å². The monoisotopic (exact) mass is 425 g/mol. The highest BCUT2D eigenvalue weighted by Gasteiger charge is 2.15. The largest absolute Gasteiger partial charge is 0.377 e. The van der Waals surface area contributed by atoms with Gasteiger partial charge in [-0.2, -0.15) is 0 Å². The molecule has 1 unspecified atom stereocenters. The number of hydroxylamine groups is 1. The molecular weight excluding hydrogens is 394 g/mol. The van der Waals surface area contributed by atoms with Crippen LogP contribution in [0.5, 0.6) is 0 Å². The highest BCUT2D eigenvalue weighted by molar-refractivity contribution is 5.91. The van der Waals surface area contributed by atoms with Crippen molar-refractivity contribution >= 4 is 17.6 Å². The fraction of sp³-hybridized carbons (Fsp3) is 0.435. The molecule has 8 heteroatoms. The number of benzene rings is 1. The maximum absolute atomic E-state index is 12.3. The third-order valence-corrected chi connectivity index (χ3v) is 5.19. The van der Waals surface area contributed by atoms with Crippen molar-refractivity contribution in [3.05, 3.63) is 59.9 Å². The normalized spacial score (nSPS) is 19.3. The van der Waals surface area contributed by atoms with E-state index in [4.69, 9.17) is 4.84 Å². The zero-order valence-electron chi connectivity index (χ0n) is 17.9. The molecule has 0 spiro atoms. The van der Waals surface area contributed by atoms with E-state index in [9.17, 15) is 9.59 Å². The maximum atomic E-state index is 12.3. The Morgan fingerprint density at radius 2 is 2.00 bits per heavy atom. The van der Waals surface area contributed by atoms with Gasteiger partial charge in [-0.1, -0.05) is 49.6 Å². The van der Waals surface area contributed by atoms with Crippen LogP contribution in [-0.2, 0) is 21.0 Å². The van der Waals surface area contributed by atoms with Crippen molar-refractivity contribution < 1.29 is 14.4 Å². The molecule has 1 saturated carbocycles. The molecule has 31 heavy (non-hydrogen) atoms. The lowest BCUT2D eigenvalue weighted by molar-refractivity contribution is -0.135. The van der Waals surface area contributed by atoms with E-state index in [1.165, 1.54) is 12.5 Å². The topological polar surface area (TPSA) is 104 Å². The fourth-order valence-electron chi connectivity index (χ4n) is 3.39. The van der Waals surface area contributed by atoms with E-state index in [-0.39, 0.29) is 17.9 Å². The second-order valence-electron chi connectivity index (χ2n) is 7.73. The molecule has 1 fully saturated rings. The highest BCUT2D eigenvalue weighted by atomic mass is 16.7. The molecule has 1 aliphatic heterocycles. The van der Waals surface area contributed by atoms with Crippen molar-refractivity contribution in [3.8, 4) is 0 Å². The van der Waals surface area contributed by atoms with Gasteiger partial charge in [0.1, 0.15) is 11.9 Å². The molecule has 1 atom stereocenters. The summed E-state index contributed by atoms with van der Waals surface area (Å²) in [5.41, 5.74) is 4.28. The molecule has 2 amide bonds. The molecule has 8 nitrogen and oxygen atoms in total. The summed E-state index contributed by atoms with van der Waals surface area (Å²) >= 11 is 0. The first-order chi connectivity index (χ1) is 15.1. The minimum absolute atomic E-state index is 0.116. The Kier molecular flexibility index (Phi) is 8.66. The lowest BCUT2D eigenvalue weighted by Gasteiger charge is -2.21. The Hall–Kier alpha value is -3.13. The third-order valence-electron chi connectivity index (χ3n) is 5.19. The molecule has 1 aromatic rings. The Labute approximate surface area is 183 Å². The molecule has 3 rings (SSSR count). The number of amides is 2. The number of rotatable bonds is 8. The summed E-state index contributed by atoms with van der Waals surface area (Å²) in [6, 6.07) is 9.23. The fourth-order valence-corrected chi connectivity index (χ4v) is 3.39. The Morgan fingerprint density at radius 1 is 1.23 bits per heavy atom. The van der Waals surface area contributed by atoms with Gasteiger partial charge in [-0.15, -0.1) is 0 Å². The average molecular weight is 426 g/mol. The number of hydrogen-bond acceptors (Lipinski definition) is 5. The number of carbonyl (C=O) groups excluding carboxylic acids is 2. The van der Waals surface area contributed by atoms with E-state index in [2.05, 4.69) is 26.4 Å². The van der Waals surface area contributed by atoms with Crippen LogP contribution in [0.3, 0.4) is 0 Å². The number of aliphatic imine (C=N–C) groups is 1. The summed E-state index contributed by atoms with van der Waals surface area (Å²) in [5, 5.41) is 9.12. The first-order valence-electron chi connectivity index (χ1n) is 10.8. The number of carbonyl (C=O) groups is 2. The summed E-state index contributed by atoms with van der Waals surface area (Å²) in [6.07, 6.45) is 10.4. The van der Waals surface area contributed by atoms with Gasteiger partial charge in [0.2, 0.25) is 5.91 Å². The molecule has 4 N–H and O–H groups in total. The quantitative estimate of drug-likeness (QED) is 0.377. The number of allylic oxidation sites excluding steroid dienone is 1. The van der Waals surface area contributed by atoms with Crippen molar-refractivity contribution in [2.24, 2.45) is 4.99 Å². The smallest absolute Gasteiger partial charge is 0.267 e. The molecule has 0 bridgehead atoms. The van der Waals surface area contributed by atoms with E-state index in [1.807, 2.05) is 30.3 Å². The van der Waals surface area contributed by atoms with E-state index < -0.39 is 6.04 Å². The van der Waals surface area contributed by atoms with Crippen LogP contribution < -0.4 is 21.4 Å². The minimum atomic E-state index is -0.513. The summed E-state index contributed by atoms with van der Waals surface area (Å²) in [7, 11) is 0. The molecule has 0 radical (unpaired) electrons. The first kappa shape index (κ1) is 22.6. The van der Waals surface area contributed by atoms with Gasteiger partial charge in [-0.05, 0) is 31.4 Å². The molecule has 1 aromatic carbocycles. The number of nitrogens with one attached hydrogen (secondary N) is 4. The van der Waals surface area contributed by atoms with Crippen LogP contribution in [0, 0.1) is 0 Å². The van der Waals surface area contributed by atoms with Crippen LogP contribution >= 0.6 is 0 Å². The van der Waals surface area contributed by atoms with Gasteiger partial charge in [0.05, 0.1) is 18.3 Å². The Balaban J connectivity index is 1.39. The predicted molar refractivity (Wildman–Crippen MR) is 120 cm³/mol. The van der Waals surface area contributed by atoms with Crippen molar-refractivity contribution in [2.45, 2.75) is 57.7 Å². The van der Waals surface area contributed by atoms with Crippen LogP contribution in [0.1, 0.15) is 44.6 Å². The van der Waals surface area contributed by atoms with Gasteiger partial charge >= 0.3 is 0 Å². The van der Waals surface area contributed by atoms with Crippen LogP contribution in [-0.4, -0.2) is 36.3 Å². The SMILES string of the molecule is CC(N=C1CNC(/C=C/C(=O)NOC2CCCCC2)=CN1)C(=O)NCc1ccccc1. The number of amidine groups is 1. The third kappa shape index (κ3) is 7.90. The van der Waals surface area contributed by atoms with Crippen molar-refractivity contribution in [1.82, 2.24) is 21.4 Å². The van der Waals surface area contributed by atoms with Gasteiger partial charge in [0.15, 0.2) is 0 Å². The standard InChI is InChI=1S/C23H31N5O3/c1-17(23(30)26-14-18-8-4-2-5-9-18)27-21-16-24-19(15-25-21)12-13-22(29)28-31-20-10-6-3-7-11-20/h2,4-5,8-9,12-13,15,17,20,24H,3,6-7,10-11,14,16H2,1H3,(H,25,27)(H,26,30)(H,28,29)/b13-12+. The lowest BCUT2D eigenvalue weighted by atomic mass is 9.98. The maximum Gasteiger partial charge on any atom is 0.267 e. The Bertz CT molecular complexity index is 829. The van der Waals surface area contributed by atoms with Gasteiger partial charge < -0.3 is 16.0 Å². The average Bonchev–Trinajstić information content (AvgIpc) is 2.82. The summed E-state index contributed by atoms with van der Waals surface area (Å²) in [5.74, 6) is 0.225. The van der Waals surface area contributed by atoms with E-state index >= 15 is 0 Å². The number of nitrogens with zero attached hydrogens (tertiary/aromatic N) is 1. The molecule has 166 valence electrons. The predicted octanol–water partition coefficient (Wildman–Crippen LogP) is 2.06. The van der Waals surface area contributed by atoms with Gasteiger partial charge in [0.25, 0.3) is 5.91 Å². The first-order valence-corrected chi connectivity index (χ1v) is 10.8. The van der Waals surface area contributed by atoms with Crippen molar-refractivity contribution in [1.29, 1.82) is 0 Å². The van der Waals surface area contributed by atoms with Gasteiger partial charge in [0, 0.05) is 18.8 Å². The molecule has 1 aliphatic carbocycles. The van der Waals surface area contributed by atoms with E-state index in [1.54, 1.807) is 19.2 Å². The van der Waals surface area contributed by atoms with Crippen LogP contribution in [0.15, 0.2) is 59.4 Å². The lowest BCUT2D eigenvalue weighted by Crippen LogP contribution is -2.39. The van der Waals surface area contributed by atoms with Crippen molar-refractivity contribution in [2.75, 3.05) is 6.54 Å². The zero-order valence-corrected chi connectivity index (χ0v) is 17.9. The van der Waals surface area contributed by atoms with E-state index in [0.29, 0.717) is 18.9 Å². The van der Waals surface area contributed by atoms with Crippen LogP contribution in [0.25, 0.3) is 0 Å². The molecule has 1 heterocycles. The molecule has 0 aromatic heterocycles. The minimum Gasteiger partial charge on any atom is -0.377 e. The second-order valence-corrected chi connectivity index (χ2v) is 7.73. The van der Waals surface area contributed by atoms with Crippen molar-refractivity contribution in [3.63, 3.8) is 0 Å².